The molecule has 0 saturated heterocycles. The molecule has 5 aromatic heterocycles. The maximum Gasteiger partial charge on any atom is 0.223 e. The zero-order chi connectivity index (χ0) is 23.8. The number of benzene rings is 1. The molecule has 1 aromatic carbocycles. The number of nitrogens with zero attached hydrogens (tertiary/aromatic N) is 12. The van der Waals surface area contributed by atoms with Gasteiger partial charge in [0, 0.05) is 11.6 Å². The van der Waals surface area contributed by atoms with Gasteiger partial charge in [-0.15, -0.1) is 21.5 Å². The summed E-state index contributed by atoms with van der Waals surface area (Å²) < 4.78 is 3.03. The number of aromatic nitrogens is 11. The molecule has 6 rings (SSSR count). The molecule has 35 heavy (non-hydrogen) atoms. The highest BCUT2D eigenvalue weighted by Crippen LogP contribution is 2.35. The highest BCUT2D eigenvalue weighted by Gasteiger charge is 2.22. The standard InChI is InChI=1S/C21H13N13S/c1-23-13-4-2-3-12(7-13)18-17(14-5-6-24-10-25-14)20-27-16(30-34(20)21(22)28-18)8-33-19(29-31-32-33)15-9-35-11-26-15/h2-7,9-11H,8H2,(H2,22,28). The van der Waals surface area contributed by atoms with Crippen LogP contribution in [-0.2, 0) is 6.54 Å². The molecule has 0 atom stereocenters. The lowest BCUT2D eigenvalue weighted by Crippen LogP contribution is -2.07. The molecule has 0 saturated carbocycles. The number of fused-ring (bicyclic) bond motifs is 1. The molecule has 0 fully saturated rings. The lowest BCUT2D eigenvalue weighted by molar-refractivity contribution is 0.627. The third-order valence-electron chi connectivity index (χ3n) is 5.13. The van der Waals surface area contributed by atoms with E-state index < -0.39 is 0 Å². The van der Waals surface area contributed by atoms with Crippen LogP contribution in [0, 0.1) is 6.57 Å². The van der Waals surface area contributed by atoms with Gasteiger partial charge in [-0.05, 0) is 28.1 Å². The van der Waals surface area contributed by atoms with Gasteiger partial charge in [0.1, 0.15) is 18.6 Å². The first-order chi connectivity index (χ1) is 17.2. The Labute approximate surface area is 200 Å². The minimum atomic E-state index is 0.135. The van der Waals surface area contributed by atoms with Crippen LogP contribution in [0.15, 0.2) is 53.7 Å². The summed E-state index contributed by atoms with van der Waals surface area (Å²) in [6.07, 6.45) is 3.08. The van der Waals surface area contributed by atoms with Gasteiger partial charge in [-0.25, -0.2) is 34.4 Å². The summed E-state index contributed by atoms with van der Waals surface area (Å²) in [5.41, 5.74) is 12.0. The average molecular weight is 479 g/mol. The molecule has 6 aromatic rings. The van der Waals surface area contributed by atoms with Crippen molar-refractivity contribution >= 4 is 28.6 Å². The zero-order valence-corrected chi connectivity index (χ0v) is 18.6. The van der Waals surface area contributed by atoms with E-state index in [1.54, 1.807) is 40.7 Å². The zero-order valence-electron chi connectivity index (χ0n) is 17.8. The Bertz CT molecular complexity index is 1700. The number of nitrogen functional groups attached to an aromatic ring is 1. The van der Waals surface area contributed by atoms with Crippen molar-refractivity contribution in [3.8, 4) is 34.0 Å². The first kappa shape index (κ1) is 20.4. The van der Waals surface area contributed by atoms with Crippen molar-refractivity contribution in [3.05, 3.63) is 71.0 Å². The molecule has 2 N–H and O–H groups in total. The largest absolute Gasteiger partial charge is 0.368 e. The van der Waals surface area contributed by atoms with Crippen LogP contribution in [0.1, 0.15) is 5.82 Å². The van der Waals surface area contributed by atoms with Crippen molar-refractivity contribution in [2.24, 2.45) is 0 Å². The first-order valence-corrected chi connectivity index (χ1v) is 11.1. The fraction of sp³-hybridized carbons (Fsp3) is 0.0476. The molecule has 14 heteroatoms. The molecule has 0 aliphatic heterocycles. The maximum absolute atomic E-state index is 7.37. The summed E-state index contributed by atoms with van der Waals surface area (Å²) in [5.74, 6) is 1.06. The highest BCUT2D eigenvalue weighted by molar-refractivity contribution is 7.07. The lowest BCUT2D eigenvalue weighted by atomic mass is 10.0. The predicted molar refractivity (Wildman–Crippen MR) is 126 cm³/mol. The van der Waals surface area contributed by atoms with Gasteiger partial charge < -0.3 is 5.73 Å². The molecule has 13 nitrogen and oxygen atoms in total. The second-order valence-corrected chi connectivity index (χ2v) is 7.97. The van der Waals surface area contributed by atoms with E-state index in [1.165, 1.54) is 22.2 Å². The summed E-state index contributed by atoms with van der Waals surface area (Å²) in [6.45, 7) is 7.56. The molecule has 0 spiro atoms. The third kappa shape index (κ3) is 3.61. The Hall–Kier alpha value is -5.16. The lowest BCUT2D eigenvalue weighted by Gasteiger charge is -2.11. The van der Waals surface area contributed by atoms with Gasteiger partial charge in [0.25, 0.3) is 0 Å². The number of nitrogens with two attached hydrogens (primary N) is 1. The van der Waals surface area contributed by atoms with E-state index in [0.29, 0.717) is 51.2 Å². The highest BCUT2D eigenvalue weighted by atomic mass is 32.1. The van der Waals surface area contributed by atoms with E-state index in [4.69, 9.17) is 17.3 Å². The number of hydrogen-bond donors (Lipinski definition) is 1. The predicted octanol–water partition coefficient (Wildman–Crippen LogP) is 2.54. The summed E-state index contributed by atoms with van der Waals surface area (Å²) in [5, 5.41) is 18.3. The second kappa shape index (κ2) is 8.32. The Kier molecular flexibility index (Phi) is 4.86. The van der Waals surface area contributed by atoms with Crippen molar-refractivity contribution in [2.45, 2.75) is 6.54 Å². The van der Waals surface area contributed by atoms with Gasteiger partial charge in [-0.3, -0.25) is 0 Å². The van der Waals surface area contributed by atoms with E-state index >= 15 is 0 Å². The summed E-state index contributed by atoms with van der Waals surface area (Å²) in [7, 11) is 0. The Morgan fingerprint density at radius 3 is 2.86 bits per heavy atom. The van der Waals surface area contributed by atoms with Crippen LogP contribution in [-0.4, -0.2) is 54.7 Å². The number of hydrogen-bond acceptors (Lipinski definition) is 11. The number of rotatable bonds is 5. The summed E-state index contributed by atoms with van der Waals surface area (Å²) in [4.78, 5) is 25.6. The molecule has 0 aliphatic carbocycles. The molecular formula is C21H13N13S. The van der Waals surface area contributed by atoms with Crippen LogP contribution >= 0.6 is 11.3 Å². The molecule has 0 aliphatic rings. The Morgan fingerprint density at radius 1 is 1.11 bits per heavy atom. The normalized spacial score (nSPS) is 11.1. The van der Waals surface area contributed by atoms with Gasteiger partial charge in [-0.1, -0.05) is 18.2 Å². The Balaban J connectivity index is 1.54. The van der Waals surface area contributed by atoms with E-state index in [1.807, 2.05) is 11.4 Å². The van der Waals surface area contributed by atoms with Crippen LogP contribution in [0.25, 0.3) is 44.5 Å². The minimum Gasteiger partial charge on any atom is -0.368 e. The monoisotopic (exact) mass is 479 g/mol. The summed E-state index contributed by atoms with van der Waals surface area (Å²) in [6, 6.07) is 8.88. The number of anilines is 1. The fourth-order valence-electron chi connectivity index (χ4n) is 3.62. The SMILES string of the molecule is [C-]#[N+]c1cccc(-c2nc(N)n3nc(Cn4nnnc4-c4cscn4)nc3c2-c2ccncn2)c1. The first-order valence-electron chi connectivity index (χ1n) is 10.2. The Morgan fingerprint density at radius 2 is 2.06 bits per heavy atom. The third-order valence-corrected chi connectivity index (χ3v) is 5.71. The molecule has 0 radical (unpaired) electrons. The van der Waals surface area contributed by atoms with Gasteiger partial charge in [-0.2, -0.15) is 4.52 Å². The van der Waals surface area contributed by atoms with Crippen molar-refractivity contribution in [3.63, 3.8) is 0 Å². The molecule has 5 heterocycles. The topological polar surface area (TPSA) is 156 Å². The van der Waals surface area contributed by atoms with Gasteiger partial charge in [0.05, 0.1) is 29.0 Å². The van der Waals surface area contributed by atoms with Crippen LogP contribution in [0.2, 0.25) is 0 Å². The smallest absolute Gasteiger partial charge is 0.223 e. The molecule has 0 unspecified atom stereocenters. The average Bonchev–Trinajstić information content (AvgIpc) is 3.66. The second-order valence-electron chi connectivity index (χ2n) is 7.25. The van der Waals surface area contributed by atoms with E-state index in [2.05, 4.69) is 45.4 Å². The summed E-state index contributed by atoms with van der Waals surface area (Å²) >= 11 is 1.45. The molecular weight excluding hydrogens is 466 g/mol. The van der Waals surface area contributed by atoms with E-state index in [0.717, 1.165) is 0 Å². The number of thiazole rings is 1. The maximum atomic E-state index is 7.37. The molecule has 168 valence electrons. The van der Waals surface area contributed by atoms with Gasteiger partial charge in [0.15, 0.2) is 17.2 Å². The van der Waals surface area contributed by atoms with Crippen LogP contribution in [0.3, 0.4) is 0 Å². The van der Waals surface area contributed by atoms with Crippen molar-refractivity contribution in [1.82, 2.24) is 54.7 Å². The van der Waals surface area contributed by atoms with Crippen molar-refractivity contribution < 1.29 is 0 Å². The van der Waals surface area contributed by atoms with Crippen LogP contribution in [0.4, 0.5) is 11.6 Å². The van der Waals surface area contributed by atoms with Gasteiger partial charge >= 0.3 is 0 Å². The van der Waals surface area contributed by atoms with Crippen LogP contribution < -0.4 is 5.73 Å². The van der Waals surface area contributed by atoms with Crippen molar-refractivity contribution in [1.29, 1.82) is 0 Å². The quantitative estimate of drug-likeness (QED) is 0.364. The van der Waals surface area contributed by atoms with E-state index in [9.17, 15) is 0 Å². The van der Waals surface area contributed by atoms with Crippen LogP contribution in [0.5, 0.6) is 0 Å². The van der Waals surface area contributed by atoms with Gasteiger partial charge in [0.2, 0.25) is 11.8 Å². The molecule has 0 bridgehead atoms. The molecule has 0 amide bonds. The fourth-order valence-corrected chi connectivity index (χ4v) is 4.16. The van der Waals surface area contributed by atoms with E-state index in [-0.39, 0.29) is 12.5 Å². The number of tetrazole rings is 1. The minimum absolute atomic E-state index is 0.135. The van der Waals surface area contributed by atoms with Crippen molar-refractivity contribution in [2.75, 3.05) is 5.73 Å².